The van der Waals surface area contributed by atoms with Crippen LogP contribution in [0.15, 0.2) is 41.2 Å². The number of aromatic nitrogens is 1. The number of benzene rings is 1. The summed E-state index contributed by atoms with van der Waals surface area (Å²) < 4.78 is 19.8. The molecule has 2 aromatic rings. The van der Waals surface area contributed by atoms with Gasteiger partial charge in [0.2, 0.25) is 5.75 Å². The Balaban J connectivity index is 2.30. The van der Waals surface area contributed by atoms with E-state index >= 15 is 0 Å². The molecule has 1 aromatic heterocycles. The first-order chi connectivity index (χ1) is 12.0. The lowest BCUT2D eigenvalue weighted by Gasteiger charge is -2.12. The van der Waals surface area contributed by atoms with Crippen molar-refractivity contribution in [3.05, 3.63) is 58.0 Å². The van der Waals surface area contributed by atoms with Crippen LogP contribution in [-0.4, -0.2) is 37.7 Å². The van der Waals surface area contributed by atoms with Gasteiger partial charge in [0.05, 0.1) is 14.2 Å². The molecule has 0 saturated carbocycles. The molecule has 8 nitrogen and oxygen atoms in total. The summed E-state index contributed by atoms with van der Waals surface area (Å²) in [5, 5.41) is 0. The van der Waals surface area contributed by atoms with E-state index in [1.807, 2.05) is 30.3 Å². The molecule has 1 N–H and O–H groups in total. The number of carbonyl (C=O) groups excluding carboxylic acids is 2. The molecule has 0 aliphatic rings. The van der Waals surface area contributed by atoms with Gasteiger partial charge in [-0.2, -0.15) is 0 Å². The lowest BCUT2D eigenvalue weighted by atomic mass is 10.2. The van der Waals surface area contributed by atoms with Gasteiger partial charge in [-0.05, 0) is 5.56 Å². The number of methoxy groups -OCH3 is 2. The van der Waals surface area contributed by atoms with Crippen LogP contribution in [0.5, 0.6) is 11.5 Å². The van der Waals surface area contributed by atoms with Crippen LogP contribution >= 0.6 is 0 Å². The van der Waals surface area contributed by atoms with E-state index in [9.17, 15) is 14.4 Å². The topological polar surface area (TPSA) is 104 Å². The summed E-state index contributed by atoms with van der Waals surface area (Å²) in [6.07, 6.45) is 0. The second kappa shape index (κ2) is 8.53. The Morgan fingerprint density at radius 3 is 2.40 bits per heavy atom. The largest absolute Gasteiger partial charge is 0.485 e. The van der Waals surface area contributed by atoms with Gasteiger partial charge in [0.25, 0.3) is 5.56 Å². The highest BCUT2D eigenvalue weighted by atomic mass is 16.6. The van der Waals surface area contributed by atoms with Crippen LogP contribution in [0, 0.1) is 0 Å². The van der Waals surface area contributed by atoms with Crippen LogP contribution < -0.4 is 15.0 Å². The summed E-state index contributed by atoms with van der Waals surface area (Å²) in [4.78, 5) is 37.4. The predicted octanol–water partition coefficient (Wildman–Crippen LogP) is 1.29. The summed E-state index contributed by atoms with van der Waals surface area (Å²) in [7, 11) is 2.38. The fourth-order valence-electron chi connectivity index (χ4n) is 1.91. The highest BCUT2D eigenvalue weighted by Gasteiger charge is 2.18. The molecule has 0 amide bonds. The van der Waals surface area contributed by atoms with Crippen molar-refractivity contribution in [1.29, 1.82) is 0 Å². The lowest BCUT2D eigenvalue weighted by molar-refractivity contribution is -0.142. The van der Waals surface area contributed by atoms with Crippen molar-refractivity contribution in [1.82, 2.24) is 4.98 Å². The minimum atomic E-state index is -0.735. The van der Waals surface area contributed by atoms with Gasteiger partial charge in [-0.3, -0.25) is 4.79 Å². The molecule has 25 heavy (non-hydrogen) atoms. The lowest BCUT2D eigenvalue weighted by Crippen LogP contribution is -2.21. The fraction of sp³-hybridized carbons (Fsp3) is 0.235. The fourth-order valence-corrected chi connectivity index (χ4v) is 1.91. The quantitative estimate of drug-likeness (QED) is 0.753. The van der Waals surface area contributed by atoms with Gasteiger partial charge in [0.1, 0.15) is 12.3 Å². The van der Waals surface area contributed by atoms with Crippen LogP contribution in [-0.2, 0) is 20.9 Å². The van der Waals surface area contributed by atoms with Gasteiger partial charge in [-0.15, -0.1) is 0 Å². The van der Waals surface area contributed by atoms with E-state index in [1.54, 1.807) is 0 Å². The zero-order valence-corrected chi connectivity index (χ0v) is 13.7. The highest BCUT2D eigenvalue weighted by Crippen LogP contribution is 2.24. The van der Waals surface area contributed by atoms with E-state index in [4.69, 9.17) is 9.47 Å². The Bertz CT molecular complexity index is 798. The number of pyridine rings is 1. The van der Waals surface area contributed by atoms with Crippen molar-refractivity contribution in [3.63, 3.8) is 0 Å². The van der Waals surface area contributed by atoms with Gasteiger partial charge >= 0.3 is 11.9 Å². The Kier molecular flexibility index (Phi) is 6.16. The summed E-state index contributed by atoms with van der Waals surface area (Å²) in [5.74, 6) is -1.61. The normalized spacial score (nSPS) is 10.0. The van der Waals surface area contributed by atoms with Crippen molar-refractivity contribution in [2.75, 3.05) is 20.8 Å². The van der Waals surface area contributed by atoms with Crippen molar-refractivity contribution in [2.24, 2.45) is 0 Å². The van der Waals surface area contributed by atoms with E-state index in [0.29, 0.717) is 0 Å². The molecule has 2 rings (SSSR count). The van der Waals surface area contributed by atoms with Crippen LogP contribution in [0.3, 0.4) is 0 Å². The molecule has 0 saturated heterocycles. The number of hydrogen-bond donors (Lipinski definition) is 1. The van der Waals surface area contributed by atoms with E-state index in [0.717, 1.165) is 5.56 Å². The zero-order chi connectivity index (χ0) is 18.2. The van der Waals surface area contributed by atoms with Gasteiger partial charge in [0, 0.05) is 6.07 Å². The van der Waals surface area contributed by atoms with E-state index in [-0.39, 0.29) is 23.8 Å². The number of nitrogens with one attached hydrogen (secondary N) is 1. The zero-order valence-electron chi connectivity index (χ0n) is 13.7. The predicted molar refractivity (Wildman–Crippen MR) is 86.7 cm³/mol. The smallest absolute Gasteiger partial charge is 0.354 e. The second-order valence-corrected chi connectivity index (χ2v) is 4.84. The first kappa shape index (κ1) is 18.1. The number of hydrogen-bond acceptors (Lipinski definition) is 7. The third-order valence-corrected chi connectivity index (χ3v) is 3.16. The maximum Gasteiger partial charge on any atom is 0.354 e. The monoisotopic (exact) mass is 347 g/mol. The molecule has 0 radical (unpaired) electrons. The Labute approximate surface area is 143 Å². The molecule has 0 bridgehead atoms. The number of H-pyrrole nitrogens is 1. The van der Waals surface area contributed by atoms with Crippen LogP contribution in [0.25, 0.3) is 0 Å². The van der Waals surface area contributed by atoms with Gasteiger partial charge in [-0.25, -0.2) is 9.59 Å². The number of carbonyl (C=O) groups is 2. The average molecular weight is 347 g/mol. The molecule has 0 fully saturated rings. The Morgan fingerprint density at radius 1 is 1.04 bits per heavy atom. The third-order valence-electron chi connectivity index (χ3n) is 3.16. The molecule has 1 aromatic carbocycles. The molecule has 0 aliphatic heterocycles. The number of aromatic amines is 1. The minimum Gasteiger partial charge on any atom is -0.485 e. The first-order valence-corrected chi connectivity index (χ1v) is 7.27. The summed E-state index contributed by atoms with van der Waals surface area (Å²) >= 11 is 0. The van der Waals surface area contributed by atoms with Crippen LogP contribution in [0.2, 0.25) is 0 Å². The molecule has 0 atom stereocenters. The van der Waals surface area contributed by atoms with Gasteiger partial charge in [-0.1, -0.05) is 30.3 Å². The van der Waals surface area contributed by atoms with Crippen molar-refractivity contribution in [3.8, 4) is 11.5 Å². The van der Waals surface area contributed by atoms with E-state index < -0.39 is 24.1 Å². The summed E-state index contributed by atoms with van der Waals surface area (Å²) in [6.45, 7) is -0.335. The minimum absolute atomic E-state index is 0.0110. The highest BCUT2D eigenvalue weighted by molar-refractivity contribution is 5.87. The molecular weight excluding hydrogens is 330 g/mol. The summed E-state index contributed by atoms with van der Waals surface area (Å²) in [5.41, 5.74) is 0.0252. The molecule has 0 aliphatic carbocycles. The molecule has 1 heterocycles. The third kappa shape index (κ3) is 4.84. The standard InChI is InChI=1S/C17H17NO7/c1-22-14(19)10-25-15-13(24-9-11-6-4-3-5-7-11)8-12(17(21)23-2)18-16(15)20/h3-8H,9-10H2,1-2H3,(H,18,20). The molecule has 0 unspecified atom stereocenters. The van der Waals surface area contributed by atoms with Crippen molar-refractivity contribution in [2.45, 2.75) is 6.61 Å². The van der Waals surface area contributed by atoms with Crippen molar-refractivity contribution < 1.29 is 28.5 Å². The van der Waals surface area contributed by atoms with E-state index in [1.165, 1.54) is 20.3 Å². The second-order valence-electron chi connectivity index (χ2n) is 4.84. The number of ether oxygens (including phenoxy) is 4. The number of esters is 2. The van der Waals surface area contributed by atoms with E-state index in [2.05, 4.69) is 14.5 Å². The molecular formula is C17H17NO7. The van der Waals surface area contributed by atoms with Crippen LogP contribution in [0.4, 0.5) is 0 Å². The van der Waals surface area contributed by atoms with Crippen LogP contribution in [0.1, 0.15) is 16.1 Å². The maximum absolute atomic E-state index is 12.2. The summed E-state index contributed by atoms with van der Waals surface area (Å²) in [6, 6.07) is 10.5. The maximum atomic E-state index is 12.2. The average Bonchev–Trinajstić information content (AvgIpc) is 2.65. The Morgan fingerprint density at radius 2 is 1.76 bits per heavy atom. The van der Waals surface area contributed by atoms with Gasteiger partial charge < -0.3 is 23.9 Å². The Hall–Kier alpha value is -3.29. The number of rotatable bonds is 7. The molecule has 0 spiro atoms. The molecule has 132 valence electrons. The first-order valence-electron chi connectivity index (χ1n) is 7.27. The molecule has 8 heteroatoms. The SMILES string of the molecule is COC(=O)COc1c(OCc2ccccc2)cc(C(=O)OC)[nH]c1=O. The van der Waals surface area contributed by atoms with Gasteiger partial charge in [0.15, 0.2) is 12.4 Å². The van der Waals surface area contributed by atoms with Crippen molar-refractivity contribution >= 4 is 11.9 Å².